The SMILES string of the molecule is C.O=C(NCCOCCOCCCCCCCl)c1ccc(-c2c3ccc(=O)cc-3oc3cc(O)ccc23)c(C(=O)O)c1. The zero-order valence-corrected chi connectivity index (χ0v) is 23.2. The van der Waals surface area contributed by atoms with Crippen LogP contribution < -0.4 is 10.7 Å². The normalized spacial score (nSPS) is 11.0. The first-order chi connectivity index (χ1) is 19.9. The lowest BCUT2D eigenvalue weighted by Gasteiger charge is -2.17. The lowest BCUT2D eigenvalue weighted by atomic mass is 9.90. The quantitative estimate of drug-likeness (QED) is 0.0841. The van der Waals surface area contributed by atoms with E-state index in [4.69, 9.17) is 25.5 Å². The minimum absolute atomic E-state index is 0. The highest BCUT2D eigenvalue weighted by molar-refractivity contribution is 6.17. The van der Waals surface area contributed by atoms with Gasteiger partial charge in [-0.3, -0.25) is 9.59 Å². The monoisotopic (exact) mass is 597 g/mol. The number of phenolic OH excluding ortho intramolecular Hbond substituents is 1. The molecule has 1 aliphatic carbocycles. The minimum atomic E-state index is -1.22. The third-order valence-corrected chi connectivity index (χ3v) is 6.80. The average Bonchev–Trinajstić information content (AvgIpc) is 2.96. The number of rotatable bonds is 15. The van der Waals surface area contributed by atoms with Crippen molar-refractivity contribution in [1.29, 1.82) is 0 Å². The van der Waals surface area contributed by atoms with Crippen molar-refractivity contribution in [2.24, 2.45) is 0 Å². The standard InChI is InChI=1S/C31H32ClNO8.CH4/c32-11-3-1-2-4-13-39-15-16-40-14-12-33-30(36)20-5-8-23(26(17-20)31(37)38)29-24-9-6-21(34)18-27(24)41-28-19-22(35)7-10-25(28)29;/h5-10,17-19,34H,1-4,11-16H2,(H,33,36)(H,37,38);1H4. The molecule has 0 saturated heterocycles. The van der Waals surface area contributed by atoms with Gasteiger partial charge in [-0.05, 0) is 54.8 Å². The van der Waals surface area contributed by atoms with Crippen molar-refractivity contribution in [1.82, 2.24) is 5.32 Å². The first-order valence-corrected chi connectivity index (χ1v) is 14.0. The summed E-state index contributed by atoms with van der Waals surface area (Å²) in [5.74, 6) is -0.765. The Morgan fingerprint density at radius 3 is 2.36 bits per heavy atom. The molecule has 1 amide bonds. The molecule has 1 heterocycles. The molecule has 4 rings (SSSR count). The molecule has 3 N–H and O–H groups in total. The van der Waals surface area contributed by atoms with Crippen LogP contribution in [0.2, 0.25) is 0 Å². The molecule has 0 atom stereocenters. The topological polar surface area (TPSA) is 135 Å². The third kappa shape index (κ3) is 8.31. The number of unbranched alkanes of at least 4 members (excludes halogenated alkanes) is 3. The average molecular weight is 598 g/mol. The number of ether oxygens (including phenoxy) is 2. The number of hydrogen-bond donors (Lipinski definition) is 3. The highest BCUT2D eigenvalue weighted by Gasteiger charge is 2.23. The van der Waals surface area contributed by atoms with E-state index >= 15 is 0 Å². The zero-order valence-electron chi connectivity index (χ0n) is 22.5. The molecular formula is C32H36ClNO8. The maximum atomic E-state index is 12.8. The fourth-order valence-corrected chi connectivity index (χ4v) is 4.73. The van der Waals surface area contributed by atoms with Gasteiger partial charge in [-0.2, -0.15) is 0 Å². The summed E-state index contributed by atoms with van der Waals surface area (Å²) in [5, 5.41) is 23.3. The van der Waals surface area contributed by atoms with Crippen LogP contribution in [-0.2, 0) is 9.47 Å². The number of nitrogens with one attached hydrogen (secondary N) is 1. The number of alkyl halides is 1. The summed E-state index contributed by atoms with van der Waals surface area (Å²) in [6, 6.07) is 13.2. The van der Waals surface area contributed by atoms with E-state index in [2.05, 4.69) is 5.32 Å². The Labute approximate surface area is 249 Å². The van der Waals surface area contributed by atoms with Gasteiger partial charge in [0, 0.05) is 53.2 Å². The van der Waals surface area contributed by atoms with E-state index in [1.165, 1.54) is 30.3 Å². The van der Waals surface area contributed by atoms with Crippen molar-refractivity contribution in [3.63, 3.8) is 0 Å². The summed E-state index contributed by atoms with van der Waals surface area (Å²) in [6.07, 6.45) is 4.20. The number of carbonyl (C=O) groups excluding carboxylic acids is 1. The van der Waals surface area contributed by atoms with Gasteiger partial charge in [-0.15, -0.1) is 11.6 Å². The summed E-state index contributed by atoms with van der Waals surface area (Å²) in [5.41, 5.74) is 1.46. The highest BCUT2D eigenvalue weighted by atomic mass is 35.5. The van der Waals surface area contributed by atoms with Gasteiger partial charge in [0.2, 0.25) is 0 Å². The van der Waals surface area contributed by atoms with Crippen LogP contribution in [0.1, 0.15) is 53.8 Å². The molecule has 1 aliphatic heterocycles. The zero-order chi connectivity index (χ0) is 29.2. The number of hydrogen-bond acceptors (Lipinski definition) is 7. The van der Waals surface area contributed by atoms with Crippen molar-refractivity contribution in [3.05, 3.63) is 75.9 Å². The maximum Gasteiger partial charge on any atom is 0.336 e. The van der Waals surface area contributed by atoms with Crippen LogP contribution in [0.4, 0.5) is 0 Å². The summed E-state index contributed by atoms with van der Waals surface area (Å²) < 4.78 is 16.9. The van der Waals surface area contributed by atoms with Crippen LogP contribution >= 0.6 is 11.6 Å². The molecule has 2 aromatic rings. The summed E-state index contributed by atoms with van der Waals surface area (Å²) in [7, 11) is 0. The number of carboxylic acids is 1. The largest absolute Gasteiger partial charge is 0.508 e. The molecule has 2 aliphatic rings. The van der Waals surface area contributed by atoms with Crippen molar-refractivity contribution in [2.45, 2.75) is 33.1 Å². The van der Waals surface area contributed by atoms with Crippen LogP contribution in [0, 0.1) is 0 Å². The summed E-state index contributed by atoms with van der Waals surface area (Å²) in [4.78, 5) is 37.1. The molecule has 2 aromatic carbocycles. The molecule has 10 heteroatoms. The van der Waals surface area contributed by atoms with Crippen LogP contribution in [0.3, 0.4) is 0 Å². The van der Waals surface area contributed by atoms with Crippen molar-refractivity contribution < 1.29 is 33.7 Å². The van der Waals surface area contributed by atoms with E-state index in [0.717, 1.165) is 25.7 Å². The van der Waals surface area contributed by atoms with Gasteiger partial charge in [0.05, 0.1) is 25.4 Å². The second kappa shape index (κ2) is 15.9. The number of fused-ring (bicyclic) bond motifs is 2. The van der Waals surface area contributed by atoms with E-state index in [0.29, 0.717) is 47.8 Å². The molecule has 0 unspecified atom stereocenters. The number of carboxylic acid groups (broad SMARTS) is 1. The number of benzene rings is 3. The second-order valence-corrected chi connectivity index (χ2v) is 9.84. The van der Waals surface area contributed by atoms with E-state index < -0.39 is 11.9 Å². The molecule has 0 fully saturated rings. The van der Waals surface area contributed by atoms with Crippen LogP contribution in [-0.4, -0.2) is 60.9 Å². The van der Waals surface area contributed by atoms with Gasteiger partial charge >= 0.3 is 5.97 Å². The lowest BCUT2D eigenvalue weighted by Crippen LogP contribution is -2.28. The van der Waals surface area contributed by atoms with Crippen molar-refractivity contribution >= 4 is 34.4 Å². The Balaban J connectivity index is 0.00000484. The number of aromatic hydroxyl groups is 1. The van der Waals surface area contributed by atoms with Crippen LogP contribution in [0.25, 0.3) is 33.4 Å². The number of carbonyl (C=O) groups is 2. The Bertz CT molecular complexity index is 1530. The Hall–Kier alpha value is -3.92. The number of phenols is 1. The Morgan fingerprint density at radius 1 is 0.857 bits per heavy atom. The lowest BCUT2D eigenvalue weighted by molar-refractivity contribution is 0.0468. The molecular weight excluding hydrogens is 562 g/mol. The number of halogens is 1. The van der Waals surface area contributed by atoms with Crippen molar-refractivity contribution in [2.75, 3.05) is 38.9 Å². The van der Waals surface area contributed by atoms with Gasteiger partial charge in [0.15, 0.2) is 5.43 Å². The van der Waals surface area contributed by atoms with Gasteiger partial charge in [-0.25, -0.2) is 4.79 Å². The fraction of sp³-hybridized carbons (Fsp3) is 0.344. The Morgan fingerprint density at radius 2 is 1.60 bits per heavy atom. The smallest absolute Gasteiger partial charge is 0.336 e. The van der Waals surface area contributed by atoms with Crippen LogP contribution in [0.5, 0.6) is 5.75 Å². The van der Waals surface area contributed by atoms with Gasteiger partial charge in [0.1, 0.15) is 17.1 Å². The summed E-state index contributed by atoms with van der Waals surface area (Å²) >= 11 is 5.66. The second-order valence-electron chi connectivity index (χ2n) is 9.46. The first-order valence-electron chi connectivity index (χ1n) is 13.5. The van der Waals surface area contributed by atoms with Crippen molar-refractivity contribution in [3.8, 4) is 28.2 Å². The molecule has 9 nitrogen and oxygen atoms in total. The first kappa shape index (κ1) is 32.6. The summed E-state index contributed by atoms with van der Waals surface area (Å²) in [6.45, 7) is 2.09. The predicted octanol–water partition coefficient (Wildman–Crippen LogP) is 6.17. The van der Waals surface area contributed by atoms with Gasteiger partial charge < -0.3 is 29.4 Å². The van der Waals surface area contributed by atoms with Gasteiger partial charge in [-0.1, -0.05) is 26.3 Å². The van der Waals surface area contributed by atoms with Gasteiger partial charge in [0.25, 0.3) is 5.91 Å². The third-order valence-electron chi connectivity index (χ3n) is 6.53. The number of amides is 1. The minimum Gasteiger partial charge on any atom is -0.508 e. The molecule has 0 spiro atoms. The van der Waals surface area contributed by atoms with E-state index in [-0.39, 0.29) is 54.2 Å². The maximum absolute atomic E-state index is 12.8. The molecule has 0 aromatic heterocycles. The van der Waals surface area contributed by atoms with E-state index in [1.807, 2.05) is 0 Å². The molecule has 0 saturated carbocycles. The number of aromatic carboxylic acids is 1. The molecule has 224 valence electrons. The highest BCUT2D eigenvalue weighted by Crippen LogP contribution is 2.42. The van der Waals surface area contributed by atoms with Crippen LogP contribution in [0.15, 0.2) is 63.8 Å². The Kier molecular flexibility index (Phi) is 12.3. The fourth-order valence-electron chi connectivity index (χ4n) is 4.54. The molecule has 0 bridgehead atoms. The molecule has 42 heavy (non-hydrogen) atoms. The van der Waals surface area contributed by atoms with E-state index in [1.54, 1.807) is 24.3 Å². The van der Waals surface area contributed by atoms with E-state index in [9.17, 15) is 24.6 Å². The molecule has 0 radical (unpaired) electrons. The predicted molar refractivity (Wildman–Crippen MR) is 163 cm³/mol.